The molecule has 0 unspecified atom stereocenters. The summed E-state index contributed by atoms with van der Waals surface area (Å²) in [5, 5.41) is 0. The largest absolute Gasteiger partial charge is 0.462 e. The normalized spacial score (nSPS) is 12.2. The average molecular weight is 998 g/mol. The molecule has 0 heterocycles. The van der Waals surface area contributed by atoms with Gasteiger partial charge in [-0.3, -0.25) is 14.4 Å². The van der Waals surface area contributed by atoms with E-state index < -0.39 is 6.10 Å². The highest BCUT2D eigenvalue weighted by Crippen LogP contribution is 2.17. The van der Waals surface area contributed by atoms with E-state index in [0.29, 0.717) is 19.3 Å². The van der Waals surface area contributed by atoms with Crippen molar-refractivity contribution in [1.82, 2.24) is 0 Å². The number of allylic oxidation sites excluding steroid dienone is 6. The molecule has 0 aromatic carbocycles. The maximum atomic E-state index is 12.9. The summed E-state index contributed by atoms with van der Waals surface area (Å²) in [4.78, 5) is 38.3. The van der Waals surface area contributed by atoms with Crippen LogP contribution in [0.5, 0.6) is 0 Å². The van der Waals surface area contributed by atoms with E-state index in [1.165, 1.54) is 231 Å². The van der Waals surface area contributed by atoms with Crippen molar-refractivity contribution in [2.75, 3.05) is 13.2 Å². The first-order valence-corrected chi connectivity index (χ1v) is 31.5. The fourth-order valence-electron chi connectivity index (χ4n) is 9.35. The van der Waals surface area contributed by atoms with E-state index in [1.54, 1.807) is 0 Å². The van der Waals surface area contributed by atoms with Crippen LogP contribution in [0.4, 0.5) is 0 Å². The molecule has 0 aliphatic rings. The maximum Gasteiger partial charge on any atom is 0.306 e. The molecule has 0 aliphatic heterocycles. The third-order valence-electron chi connectivity index (χ3n) is 14.1. The van der Waals surface area contributed by atoms with Crippen molar-refractivity contribution in [2.45, 2.75) is 348 Å². The van der Waals surface area contributed by atoms with Crippen molar-refractivity contribution >= 4 is 17.9 Å². The van der Waals surface area contributed by atoms with Crippen LogP contribution < -0.4 is 0 Å². The fourth-order valence-corrected chi connectivity index (χ4v) is 9.35. The molecule has 0 bridgehead atoms. The van der Waals surface area contributed by atoms with E-state index in [-0.39, 0.29) is 31.1 Å². The monoisotopic (exact) mass is 997 g/mol. The summed E-state index contributed by atoms with van der Waals surface area (Å²) < 4.78 is 16.9. The van der Waals surface area contributed by atoms with E-state index >= 15 is 0 Å². The van der Waals surface area contributed by atoms with Crippen molar-refractivity contribution in [3.05, 3.63) is 36.5 Å². The number of ether oxygens (including phenoxy) is 3. The van der Waals surface area contributed by atoms with Crippen LogP contribution in [0.15, 0.2) is 36.5 Å². The number of hydrogen-bond donors (Lipinski definition) is 0. The van der Waals surface area contributed by atoms with Crippen LogP contribution in [0.25, 0.3) is 0 Å². The lowest BCUT2D eigenvalue weighted by Crippen LogP contribution is -2.30. The predicted octanol–water partition coefficient (Wildman–Crippen LogP) is 21.2. The molecule has 71 heavy (non-hydrogen) atoms. The molecule has 0 saturated heterocycles. The molecule has 0 radical (unpaired) electrons. The van der Waals surface area contributed by atoms with E-state index in [1.807, 2.05) is 0 Å². The smallest absolute Gasteiger partial charge is 0.306 e. The van der Waals surface area contributed by atoms with Gasteiger partial charge in [0, 0.05) is 19.3 Å². The van der Waals surface area contributed by atoms with Crippen LogP contribution in [0.2, 0.25) is 0 Å². The van der Waals surface area contributed by atoms with Crippen LogP contribution in [0.1, 0.15) is 342 Å². The van der Waals surface area contributed by atoms with Crippen molar-refractivity contribution < 1.29 is 28.6 Å². The summed E-state index contributed by atoms with van der Waals surface area (Å²) >= 11 is 0. The van der Waals surface area contributed by atoms with Gasteiger partial charge in [-0.2, -0.15) is 0 Å². The van der Waals surface area contributed by atoms with E-state index in [9.17, 15) is 14.4 Å². The summed E-state index contributed by atoms with van der Waals surface area (Å²) in [6.45, 7) is 6.66. The van der Waals surface area contributed by atoms with Gasteiger partial charge in [0.05, 0.1) is 0 Å². The van der Waals surface area contributed by atoms with Crippen molar-refractivity contribution in [1.29, 1.82) is 0 Å². The Kier molecular flexibility index (Phi) is 58.2. The predicted molar refractivity (Wildman–Crippen MR) is 307 cm³/mol. The number of carbonyl (C=O) groups excluding carboxylic acids is 3. The third-order valence-corrected chi connectivity index (χ3v) is 14.1. The van der Waals surface area contributed by atoms with Gasteiger partial charge in [0.15, 0.2) is 6.10 Å². The summed E-state index contributed by atoms with van der Waals surface area (Å²) in [6.07, 6.45) is 72.8. The highest BCUT2D eigenvalue weighted by atomic mass is 16.6. The van der Waals surface area contributed by atoms with Crippen LogP contribution >= 0.6 is 0 Å². The topological polar surface area (TPSA) is 78.9 Å². The molecule has 0 aliphatic carbocycles. The maximum absolute atomic E-state index is 12.9. The van der Waals surface area contributed by atoms with Gasteiger partial charge in [-0.05, 0) is 77.0 Å². The van der Waals surface area contributed by atoms with Gasteiger partial charge >= 0.3 is 17.9 Å². The Bertz CT molecular complexity index is 1190. The highest BCUT2D eigenvalue weighted by molar-refractivity contribution is 5.71. The van der Waals surface area contributed by atoms with E-state index in [0.717, 1.165) is 70.6 Å². The third kappa shape index (κ3) is 58.4. The van der Waals surface area contributed by atoms with Gasteiger partial charge in [-0.1, -0.05) is 282 Å². The second-order valence-corrected chi connectivity index (χ2v) is 21.3. The molecule has 0 aromatic rings. The molecule has 0 fully saturated rings. The number of carbonyl (C=O) groups is 3. The molecule has 1 atom stereocenters. The average Bonchev–Trinajstić information content (AvgIpc) is 3.37. The van der Waals surface area contributed by atoms with Gasteiger partial charge in [0.2, 0.25) is 0 Å². The molecule has 0 aromatic heterocycles. The molecule has 416 valence electrons. The van der Waals surface area contributed by atoms with Crippen LogP contribution in [-0.4, -0.2) is 37.2 Å². The van der Waals surface area contributed by atoms with Gasteiger partial charge < -0.3 is 14.2 Å². The lowest BCUT2D eigenvalue weighted by molar-refractivity contribution is -0.167. The van der Waals surface area contributed by atoms with Gasteiger partial charge in [0.1, 0.15) is 13.2 Å². The van der Waals surface area contributed by atoms with Gasteiger partial charge in [-0.25, -0.2) is 0 Å². The number of rotatable bonds is 58. The minimum atomic E-state index is -0.774. The zero-order valence-corrected chi connectivity index (χ0v) is 47.8. The molecule has 6 nitrogen and oxygen atoms in total. The Morgan fingerprint density at radius 2 is 0.507 bits per heavy atom. The van der Waals surface area contributed by atoms with Gasteiger partial charge in [0.25, 0.3) is 0 Å². The Balaban J connectivity index is 4.32. The lowest BCUT2D eigenvalue weighted by Gasteiger charge is -2.18. The Labute approximate surface area is 442 Å². The Morgan fingerprint density at radius 1 is 0.282 bits per heavy atom. The first-order chi connectivity index (χ1) is 35.0. The zero-order valence-electron chi connectivity index (χ0n) is 47.8. The first-order valence-electron chi connectivity index (χ1n) is 31.5. The fraction of sp³-hybridized carbons (Fsp3) is 0.862. The number of unbranched alkanes of at least 4 members (excludes halogenated alkanes) is 41. The molecular formula is C65H120O6. The highest BCUT2D eigenvalue weighted by Gasteiger charge is 2.19. The van der Waals surface area contributed by atoms with Crippen molar-refractivity contribution in [3.8, 4) is 0 Å². The van der Waals surface area contributed by atoms with Crippen molar-refractivity contribution in [2.24, 2.45) is 0 Å². The van der Waals surface area contributed by atoms with E-state index in [4.69, 9.17) is 14.2 Å². The lowest BCUT2D eigenvalue weighted by atomic mass is 10.0. The van der Waals surface area contributed by atoms with Crippen molar-refractivity contribution in [3.63, 3.8) is 0 Å². The molecular weight excluding hydrogens is 877 g/mol. The second-order valence-electron chi connectivity index (χ2n) is 21.3. The minimum Gasteiger partial charge on any atom is -0.462 e. The number of hydrogen-bond acceptors (Lipinski definition) is 6. The molecule has 6 heteroatoms. The summed E-state index contributed by atoms with van der Waals surface area (Å²) in [5.74, 6) is -0.857. The Hall–Kier alpha value is -2.37. The van der Waals surface area contributed by atoms with E-state index in [2.05, 4.69) is 57.2 Å². The summed E-state index contributed by atoms with van der Waals surface area (Å²) in [7, 11) is 0. The van der Waals surface area contributed by atoms with Crippen LogP contribution in [0, 0.1) is 0 Å². The zero-order chi connectivity index (χ0) is 51.4. The molecule has 0 amide bonds. The number of esters is 3. The molecule has 0 spiro atoms. The molecule has 0 saturated carbocycles. The van der Waals surface area contributed by atoms with Crippen LogP contribution in [-0.2, 0) is 28.6 Å². The summed E-state index contributed by atoms with van der Waals surface area (Å²) in [6, 6.07) is 0. The Morgan fingerprint density at radius 3 is 0.817 bits per heavy atom. The minimum absolute atomic E-state index is 0.0712. The SMILES string of the molecule is CCCCC/C=C\C/C=C\CCCCCCCCCC(=O)O[C@H](COC(=O)CCCCCCCCCCCCC/C=C\CCCCCCCC)COC(=O)CCCCCCCCCCCCCCCCC. The standard InChI is InChI=1S/C65H120O6/c1-4-7-10-13-16-19-22-25-28-30-31-32-33-35-37-40-43-46-49-52-55-58-64(67)70-61-62(60-69-63(66)57-54-51-48-45-42-39-36-27-24-21-18-15-12-9-6-3)71-65(68)59-56-53-50-47-44-41-38-34-29-26-23-20-17-14-11-8-5-2/h17,20,25-26,28-29,62H,4-16,18-19,21-24,27,30-61H2,1-3H3/b20-17-,28-25-,29-26-/t62-/m0/s1. The molecule has 0 N–H and O–H groups in total. The second kappa shape index (κ2) is 60.2. The summed E-state index contributed by atoms with van der Waals surface area (Å²) in [5.41, 5.74) is 0. The van der Waals surface area contributed by atoms with Crippen LogP contribution in [0.3, 0.4) is 0 Å². The molecule has 0 rings (SSSR count). The van der Waals surface area contributed by atoms with Gasteiger partial charge in [-0.15, -0.1) is 0 Å². The first kappa shape index (κ1) is 68.6. The quantitative estimate of drug-likeness (QED) is 0.0261.